The average molecular weight is 342 g/mol. The fraction of sp³-hybridized carbons (Fsp3) is 0. The number of aromatic carboxylic acids is 2. The summed E-state index contributed by atoms with van der Waals surface area (Å²) in [6.45, 7) is 0. The van der Waals surface area contributed by atoms with E-state index in [1.807, 2.05) is 0 Å². The Labute approximate surface area is 131 Å². The molecule has 2 heterocycles. The van der Waals surface area contributed by atoms with Gasteiger partial charge in [-0.1, -0.05) is 0 Å². The molecule has 2 aromatic rings. The number of carbonyl (C=O) groups excluding carboxylic acids is 2. The van der Waals surface area contributed by atoms with Crippen LogP contribution in [0.5, 0.6) is 0 Å². The molecule has 0 saturated heterocycles. The largest absolute Gasteiger partial charge is 2.00 e. The van der Waals surface area contributed by atoms with E-state index in [0.29, 0.717) is 0 Å². The number of hydrogen-bond donors (Lipinski definition) is 0. The van der Waals surface area contributed by atoms with Gasteiger partial charge in [0.25, 0.3) is 0 Å². The molecule has 0 aliphatic rings. The Morgan fingerprint density at radius 1 is 0.762 bits per heavy atom. The van der Waals surface area contributed by atoms with Crippen LogP contribution in [-0.2, 0) is 19.5 Å². The maximum Gasteiger partial charge on any atom is 2.00 e. The van der Waals surface area contributed by atoms with Gasteiger partial charge in [0.05, 0.1) is 0 Å². The molecule has 21 heavy (non-hydrogen) atoms. The average Bonchev–Trinajstić information content (AvgIpc) is 2.40. The van der Waals surface area contributed by atoms with Gasteiger partial charge in [0, 0.05) is 24.3 Å². The third-order valence-corrected chi connectivity index (χ3v) is 2.07. The van der Waals surface area contributed by atoms with E-state index in [1.54, 1.807) is 0 Å². The molecule has 0 radical (unpaired) electrons. The summed E-state index contributed by atoms with van der Waals surface area (Å²) in [4.78, 5) is 20.2. The van der Waals surface area contributed by atoms with Crippen LogP contribution in [-0.4, -0.2) is 11.9 Å². The Morgan fingerprint density at radius 3 is 1.29 bits per heavy atom. The Kier molecular flexibility index (Phi) is 7.56. The number of carbonyl (C=O) groups is 2. The molecule has 0 atom stereocenters. The van der Waals surface area contributed by atoms with Gasteiger partial charge in [-0.05, 0) is 12.1 Å². The van der Waals surface area contributed by atoms with Gasteiger partial charge >= 0.3 is 19.5 Å². The standard InChI is InChI=1S/2C6H5NO3.Zn/c2*8-6(9)5-3-1-2-4-7(5)10;/h2*1-4H,(H,8,9);/q;;+2/p-2. The Morgan fingerprint density at radius 2 is 1.10 bits per heavy atom. The van der Waals surface area contributed by atoms with Crippen LogP contribution in [0.3, 0.4) is 0 Å². The Balaban J connectivity index is 0.000000364. The first-order valence-corrected chi connectivity index (χ1v) is 5.22. The van der Waals surface area contributed by atoms with Gasteiger partial charge < -0.3 is 30.2 Å². The van der Waals surface area contributed by atoms with Gasteiger partial charge in [0.1, 0.15) is 11.9 Å². The maximum absolute atomic E-state index is 10.6. The molecule has 0 N–H and O–H groups in total. The Bertz CT molecular complexity index is 579. The Hall–Kier alpha value is -2.54. The van der Waals surface area contributed by atoms with E-state index in [-0.39, 0.29) is 40.3 Å². The van der Waals surface area contributed by atoms with Crippen LogP contribution in [0, 0.1) is 10.4 Å². The predicted molar refractivity (Wildman–Crippen MR) is 59.5 cm³/mol. The summed E-state index contributed by atoms with van der Waals surface area (Å²) in [6.07, 6.45) is 2.20. The smallest absolute Gasteiger partial charge is 0.618 e. The van der Waals surface area contributed by atoms with E-state index in [2.05, 4.69) is 0 Å². The molecular weight excluding hydrogens is 334 g/mol. The zero-order valence-electron chi connectivity index (χ0n) is 10.7. The minimum absolute atomic E-state index is 0. The van der Waals surface area contributed by atoms with Crippen molar-refractivity contribution in [1.82, 2.24) is 0 Å². The number of nitrogens with zero attached hydrogens (tertiary/aromatic N) is 2. The third-order valence-electron chi connectivity index (χ3n) is 2.07. The van der Waals surface area contributed by atoms with Crippen LogP contribution < -0.4 is 19.7 Å². The van der Waals surface area contributed by atoms with Crippen molar-refractivity contribution >= 4 is 11.9 Å². The first kappa shape index (κ1) is 18.5. The first-order chi connectivity index (χ1) is 9.43. The number of pyridine rings is 2. The summed E-state index contributed by atoms with van der Waals surface area (Å²) in [5.41, 5.74) is -0.745. The van der Waals surface area contributed by atoms with E-state index in [0.717, 1.165) is 12.4 Å². The second-order valence-electron chi connectivity index (χ2n) is 3.40. The third kappa shape index (κ3) is 5.54. The predicted octanol–water partition coefficient (Wildman–Crippen LogP) is -2.64. The van der Waals surface area contributed by atoms with E-state index < -0.39 is 11.9 Å². The van der Waals surface area contributed by atoms with E-state index >= 15 is 0 Å². The van der Waals surface area contributed by atoms with Crippen molar-refractivity contribution in [2.75, 3.05) is 0 Å². The molecule has 0 aliphatic carbocycles. The molecule has 0 aliphatic heterocycles. The van der Waals surface area contributed by atoms with Gasteiger partial charge in [0.2, 0.25) is 11.4 Å². The second kappa shape index (κ2) is 8.60. The SMILES string of the molecule is O=C([O-])c1cccc[n+]1[O-].O=C([O-])c1cccc[n+]1[O-].[Zn+2]. The van der Waals surface area contributed by atoms with Gasteiger partial charge in [-0.2, -0.15) is 9.46 Å². The monoisotopic (exact) mass is 340 g/mol. The van der Waals surface area contributed by atoms with Crippen LogP contribution in [0.4, 0.5) is 0 Å². The summed E-state index contributed by atoms with van der Waals surface area (Å²) in [6, 6.07) is 8.17. The molecular formula is C12H8N2O6Zn. The molecule has 8 nitrogen and oxygen atoms in total. The molecule has 0 fully saturated rings. The zero-order valence-corrected chi connectivity index (χ0v) is 13.6. The molecule has 104 valence electrons. The minimum Gasteiger partial charge on any atom is -0.618 e. The van der Waals surface area contributed by atoms with Crippen molar-refractivity contribution in [3.05, 3.63) is 70.6 Å². The topological polar surface area (TPSA) is 134 Å². The van der Waals surface area contributed by atoms with Crippen molar-refractivity contribution in [3.63, 3.8) is 0 Å². The number of aromatic nitrogens is 2. The van der Waals surface area contributed by atoms with Crippen LogP contribution >= 0.6 is 0 Å². The molecule has 9 heteroatoms. The van der Waals surface area contributed by atoms with Crippen molar-refractivity contribution in [1.29, 1.82) is 0 Å². The number of carboxylic acid groups (broad SMARTS) is 2. The molecule has 0 amide bonds. The fourth-order valence-corrected chi connectivity index (χ4v) is 1.17. The normalized spacial score (nSPS) is 8.76. The number of hydrogen-bond acceptors (Lipinski definition) is 6. The van der Waals surface area contributed by atoms with E-state index in [4.69, 9.17) is 0 Å². The van der Waals surface area contributed by atoms with Crippen molar-refractivity contribution in [2.24, 2.45) is 0 Å². The second-order valence-corrected chi connectivity index (χ2v) is 3.40. The van der Waals surface area contributed by atoms with Gasteiger partial charge in [-0.3, -0.25) is 0 Å². The molecule has 0 unspecified atom stereocenters. The van der Waals surface area contributed by atoms with Crippen molar-refractivity contribution < 1.29 is 48.7 Å². The van der Waals surface area contributed by atoms with Crippen molar-refractivity contribution in [2.45, 2.75) is 0 Å². The van der Waals surface area contributed by atoms with Gasteiger partial charge in [-0.15, -0.1) is 0 Å². The summed E-state index contributed by atoms with van der Waals surface area (Å²) in [7, 11) is 0. The molecule has 2 rings (SSSR count). The first-order valence-electron chi connectivity index (χ1n) is 5.22. The quantitative estimate of drug-likeness (QED) is 0.333. The van der Waals surface area contributed by atoms with Crippen molar-refractivity contribution in [3.8, 4) is 0 Å². The fourth-order valence-electron chi connectivity index (χ4n) is 1.17. The molecule has 0 saturated carbocycles. The number of rotatable bonds is 2. The summed E-state index contributed by atoms with van der Waals surface area (Å²) >= 11 is 0. The van der Waals surface area contributed by atoms with Crippen LogP contribution in [0.15, 0.2) is 48.8 Å². The molecule has 0 bridgehead atoms. The number of carboxylic acids is 2. The molecule has 0 aromatic carbocycles. The van der Waals surface area contributed by atoms with Crippen LogP contribution in [0.25, 0.3) is 0 Å². The van der Waals surface area contributed by atoms with E-state index in [9.17, 15) is 30.2 Å². The minimum atomic E-state index is -1.46. The molecule has 2 aromatic heterocycles. The summed E-state index contributed by atoms with van der Waals surface area (Å²) in [5.74, 6) is -2.92. The van der Waals surface area contributed by atoms with Crippen LogP contribution in [0.1, 0.15) is 21.0 Å². The zero-order chi connectivity index (χ0) is 15.1. The summed E-state index contributed by atoms with van der Waals surface area (Å²) < 4.78 is 0.491. The van der Waals surface area contributed by atoms with Gasteiger partial charge in [-0.25, -0.2) is 0 Å². The summed E-state index contributed by atoms with van der Waals surface area (Å²) in [5, 5.41) is 41.3. The molecule has 0 spiro atoms. The van der Waals surface area contributed by atoms with Gasteiger partial charge in [0.15, 0.2) is 12.4 Å². The van der Waals surface area contributed by atoms with Crippen LogP contribution in [0.2, 0.25) is 0 Å². The van der Waals surface area contributed by atoms with E-state index in [1.165, 1.54) is 36.4 Å². The maximum atomic E-state index is 10.6.